The zero-order valence-electron chi connectivity index (χ0n) is 8.13. The summed E-state index contributed by atoms with van der Waals surface area (Å²) >= 11 is 0. The average molecular weight is 185 g/mol. The first-order valence-electron chi connectivity index (χ1n) is 4.34. The van der Waals surface area contributed by atoms with Gasteiger partial charge in [-0.05, 0) is 11.3 Å². The number of carboxylic acids is 1. The van der Waals surface area contributed by atoms with Crippen molar-refractivity contribution in [3.63, 3.8) is 0 Å². The Balaban J connectivity index is 2.46. The lowest BCUT2D eigenvalue weighted by atomic mass is 10.1. The Hall–Kier alpha value is -1.06. The molecular weight excluding hydrogens is 170 g/mol. The molecule has 2 N–H and O–H groups in total. The second-order valence-corrected chi connectivity index (χ2v) is 4.18. The van der Waals surface area contributed by atoms with Gasteiger partial charge in [0, 0.05) is 13.5 Å². The lowest BCUT2D eigenvalue weighted by Crippen LogP contribution is -2.24. The van der Waals surface area contributed by atoms with Crippen LogP contribution in [0.1, 0.15) is 20.8 Å². The van der Waals surface area contributed by atoms with Crippen LogP contribution < -0.4 is 5.32 Å². The first-order chi connectivity index (χ1) is 5.87. The summed E-state index contributed by atoms with van der Waals surface area (Å²) in [6.45, 7) is 5.74. The van der Waals surface area contributed by atoms with Crippen molar-refractivity contribution in [1.82, 2.24) is 5.32 Å². The van der Waals surface area contributed by atoms with E-state index in [1.165, 1.54) is 6.92 Å². The third kappa shape index (κ3) is 1.82. The molecule has 0 aromatic rings. The van der Waals surface area contributed by atoms with Crippen LogP contribution in [-0.2, 0) is 9.59 Å². The van der Waals surface area contributed by atoms with Gasteiger partial charge in [-0.3, -0.25) is 9.59 Å². The second-order valence-electron chi connectivity index (χ2n) is 4.18. The van der Waals surface area contributed by atoms with Gasteiger partial charge in [0.1, 0.15) is 0 Å². The highest BCUT2D eigenvalue weighted by Gasteiger charge is 2.61. The minimum Gasteiger partial charge on any atom is -0.481 e. The fourth-order valence-corrected chi connectivity index (χ4v) is 1.87. The average Bonchev–Trinajstić information content (AvgIpc) is 2.48. The summed E-state index contributed by atoms with van der Waals surface area (Å²) in [6, 6.07) is 0. The zero-order valence-corrected chi connectivity index (χ0v) is 8.13. The number of aliphatic carboxylic acids is 1. The minimum absolute atomic E-state index is 0.0777. The van der Waals surface area contributed by atoms with Crippen molar-refractivity contribution >= 4 is 11.9 Å². The van der Waals surface area contributed by atoms with Gasteiger partial charge in [0.15, 0.2) is 0 Å². The zero-order chi connectivity index (χ0) is 10.2. The van der Waals surface area contributed by atoms with E-state index in [1.807, 2.05) is 13.8 Å². The van der Waals surface area contributed by atoms with Gasteiger partial charge >= 0.3 is 5.97 Å². The van der Waals surface area contributed by atoms with Crippen LogP contribution in [0, 0.1) is 17.3 Å². The van der Waals surface area contributed by atoms with Crippen molar-refractivity contribution in [2.45, 2.75) is 20.8 Å². The maximum Gasteiger partial charge on any atom is 0.307 e. The molecule has 0 radical (unpaired) electrons. The molecule has 0 spiro atoms. The number of carbonyl (C=O) groups is 2. The molecule has 1 aliphatic rings. The van der Waals surface area contributed by atoms with Crippen molar-refractivity contribution in [2.24, 2.45) is 17.3 Å². The van der Waals surface area contributed by atoms with Gasteiger partial charge in [-0.15, -0.1) is 0 Å². The Bertz CT molecular complexity index is 247. The topological polar surface area (TPSA) is 66.4 Å². The maximum absolute atomic E-state index is 10.7. The van der Waals surface area contributed by atoms with Crippen molar-refractivity contribution in [1.29, 1.82) is 0 Å². The van der Waals surface area contributed by atoms with Crippen LogP contribution in [0.4, 0.5) is 0 Å². The molecule has 4 nitrogen and oxygen atoms in total. The predicted octanol–water partition coefficient (Wildman–Crippen LogP) is 0.479. The molecule has 0 aromatic carbocycles. The highest BCUT2D eigenvalue weighted by molar-refractivity contribution is 5.76. The largest absolute Gasteiger partial charge is 0.481 e. The Labute approximate surface area is 77.3 Å². The summed E-state index contributed by atoms with van der Waals surface area (Å²) in [4.78, 5) is 21.3. The third-order valence-corrected chi connectivity index (χ3v) is 2.89. The van der Waals surface area contributed by atoms with Crippen molar-refractivity contribution < 1.29 is 14.7 Å². The molecule has 1 aliphatic carbocycles. The SMILES string of the molecule is CC(=O)NC[C@@H]1[C@H](C(=O)O)C1(C)C. The normalized spacial score (nSPS) is 29.5. The molecular formula is C9H15NO3. The summed E-state index contributed by atoms with van der Waals surface area (Å²) in [7, 11) is 0. The van der Waals surface area contributed by atoms with E-state index < -0.39 is 5.97 Å². The van der Waals surface area contributed by atoms with Crippen molar-refractivity contribution in [3.8, 4) is 0 Å². The molecule has 1 rings (SSSR count). The van der Waals surface area contributed by atoms with E-state index in [4.69, 9.17) is 5.11 Å². The fourth-order valence-electron chi connectivity index (χ4n) is 1.87. The van der Waals surface area contributed by atoms with Gasteiger partial charge in [-0.2, -0.15) is 0 Å². The standard InChI is InChI=1S/C9H15NO3/c1-5(11)10-4-6-7(8(12)13)9(6,2)3/h6-7H,4H2,1-3H3,(H,10,11)(H,12,13)/t6-,7-/m1/s1. The quantitative estimate of drug-likeness (QED) is 0.672. The van der Waals surface area contributed by atoms with Crippen LogP contribution >= 0.6 is 0 Å². The lowest BCUT2D eigenvalue weighted by Gasteiger charge is -2.02. The Kier molecular flexibility index (Phi) is 2.32. The number of amides is 1. The third-order valence-electron chi connectivity index (χ3n) is 2.89. The molecule has 13 heavy (non-hydrogen) atoms. The van der Waals surface area contributed by atoms with E-state index in [9.17, 15) is 9.59 Å². The molecule has 1 saturated carbocycles. The van der Waals surface area contributed by atoms with E-state index in [0.29, 0.717) is 6.54 Å². The van der Waals surface area contributed by atoms with Crippen LogP contribution in [-0.4, -0.2) is 23.5 Å². The highest BCUT2D eigenvalue weighted by atomic mass is 16.4. The number of rotatable bonds is 3. The molecule has 4 heteroatoms. The molecule has 74 valence electrons. The summed E-state index contributed by atoms with van der Waals surface area (Å²) in [5.41, 5.74) is -0.172. The molecule has 1 amide bonds. The van der Waals surface area contributed by atoms with Gasteiger partial charge in [-0.1, -0.05) is 13.8 Å². The number of nitrogens with one attached hydrogen (secondary N) is 1. The maximum atomic E-state index is 10.7. The monoisotopic (exact) mass is 185 g/mol. The van der Waals surface area contributed by atoms with Crippen molar-refractivity contribution in [3.05, 3.63) is 0 Å². The molecule has 0 saturated heterocycles. The van der Waals surface area contributed by atoms with Gasteiger partial charge in [0.05, 0.1) is 5.92 Å². The molecule has 0 aromatic heterocycles. The van der Waals surface area contributed by atoms with E-state index in [1.54, 1.807) is 0 Å². The van der Waals surface area contributed by atoms with Gasteiger partial charge in [-0.25, -0.2) is 0 Å². The number of carbonyl (C=O) groups excluding carboxylic acids is 1. The predicted molar refractivity (Wildman–Crippen MR) is 47.1 cm³/mol. The van der Waals surface area contributed by atoms with Crippen LogP contribution in [0.15, 0.2) is 0 Å². The number of hydrogen-bond acceptors (Lipinski definition) is 2. The van der Waals surface area contributed by atoms with Gasteiger partial charge in [0.25, 0.3) is 0 Å². The molecule has 0 heterocycles. The van der Waals surface area contributed by atoms with Gasteiger partial charge < -0.3 is 10.4 Å². The molecule has 0 bridgehead atoms. The minimum atomic E-state index is -0.764. The van der Waals surface area contributed by atoms with Crippen LogP contribution in [0.2, 0.25) is 0 Å². The van der Waals surface area contributed by atoms with Gasteiger partial charge in [0.2, 0.25) is 5.91 Å². The van der Waals surface area contributed by atoms with E-state index in [-0.39, 0.29) is 23.2 Å². The van der Waals surface area contributed by atoms with Crippen LogP contribution in [0.3, 0.4) is 0 Å². The fraction of sp³-hybridized carbons (Fsp3) is 0.778. The Morgan fingerprint density at radius 3 is 2.31 bits per heavy atom. The second kappa shape index (κ2) is 3.01. The summed E-state index contributed by atoms with van der Waals surface area (Å²) in [5, 5.41) is 11.5. The number of carboxylic acid groups (broad SMARTS) is 1. The summed E-state index contributed by atoms with van der Waals surface area (Å²) in [6.07, 6.45) is 0. The first kappa shape index (κ1) is 10.0. The first-order valence-corrected chi connectivity index (χ1v) is 4.34. The van der Waals surface area contributed by atoms with Crippen LogP contribution in [0.25, 0.3) is 0 Å². The number of hydrogen-bond donors (Lipinski definition) is 2. The molecule has 1 fully saturated rings. The summed E-state index contributed by atoms with van der Waals surface area (Å²) < 4.78 is 0. The smallest absolute Gasteiger partial charge is 0.307 e. The van der Waals surface area contributed by atoms with Crippen LogP contribution in [0.5, 0.6) is 0 Å². The van der Waals surface area contributed by atoms with E-state index in [2.05, 4.69) is 5.32 Å². The summed E-state index contributed by atoms with van der Waals surface area (Å²) in [5.74, 6) is -1.10. The molecule has 0 aliphatic heterocycles. The van der Waals surface area contributed by atoms with E-state index >= 15 is 0 Å². The van der Waals surface area contributed by atoms with E-state index in [0.717, 1.165) is 0 Å². The highest BCUT2D eigenvalue weighted by Crippen LogP contribution is 2.57. The Morgan fingerprint density at radius 1 is 1.46 bits per heavy atom. The lowest BCUT2D eigenvalue weighted by molar-refractivity contribution is -0.139. The molecule has 0 unspecified atom stereocenters. The van der Waals surface area contributed by atoms with Crippen molar-refractivity contribution in [2.75, 3.05) is 6.54 Å². The molecule has 2 atom stereocenters. The Morgan fingerprint density at radius 2 is 2.00 bits per heavy atom.